The molecule has 0 saturated carbocycles. The van der Waals surface area contributed by atoms with Gasteiger partial charge >= 0.3 is 0 Å². The summed E-state index contributed by atoms with van der Waals surface area (Å²) in [6, 6.07) is 19.3. The van der Waals surface area contributed by atoms with Gasteiger partial charge in [-0.3, -0.25) is 53.2 Å². The van der Waals surface area contributed by atoms with Crippen LogP contribution in [0.4, 0.5) is 17.1 Å². The van der Waals surface area contributed by atoms with Crippen LogP contribution in [-0.4, -0.2) is 199 Å². The molecule has 26 heteroatoms. The number of imide groups is 1. The van der Waals surface area contributed by atoms with E-state index in [9.17, 15) is 38.4 Å². The average molecular weight is 1320 g/mol. The van der Waals surface area contributed by atoms with E-state index in [0.717, 1.165) is 32.9 Å². The number of hydrogen-bond donors (Lipinski definition) is 4. The Morgan fingerprint density at radius 1 is 0.573 bits per heavy atom. The van der Waals surface area contributed by atoms with E-state index in [1.807, 2.05) is 55.7 Å². The molecule has 0 radical (unpaired) electrons. The van der Waals surface area contributed by atoms with Crippen LogP contribution in [0.5, 0.6) is 28.7 Å². The van der Waals surface area contributed by atoms with Gasteiger partial charge < -0.3 is 73.7 Å². The van der Waals surface area contributed by atoms with Crippen LogP contribution in [0.1, 0.15) is 97.6 Å². The number of amides is 8. The molecule has 0 fully saturated rings. The maximum atomic E-state index is 14.2. The third kappa shape index (κ3) is 18.6. The van der Waals surface area contributed by atoms with Gasteiger partial charge in [-0.2, -0.15) is 0 Å². The van der Waals surface area contributed by atoms with Gasteiger partial charge in [0.1, 0.15) is 17.8 Å². The summed E-state index contributed by atoms with van der Waals surface area (Å²) < 4.78 is 51.1. The Balaban J connectivity index is 0.664. The van der Waals surface area contributed by atoms with Crippen molar-refractivity contribution in [2.24, 2.45) is 15.9 Å². The van der Waals surface area contributed by atoms with Crippen molar-refractivity contribution < 1.29 is 81.0 Å². The predicted molar refractivity (Wildman–Crippen MR) is 356 cm³/mol. The number of aliphatic imine (C=N–C) groups is 2. The zero-order chi connectivity index (χ0) is 68.1. The van der Waals surface area contributed by atoms with Gasteiger partial charge in [0.25, 0.3) is 23.6 Å². The number of fused-ring (bicyclic) bond motifs is 4. The first-order chi connectivity index (χ1) is 46.5. The molecule has 96 heavy (non-hydrogen) atoms. The van der Waals surface area contributed by atoms with E-state index in [1.54, 1.807) is 79.6 Å². The van der Waals surface area contributed by atoms with Crippen molar-refractivity contribution in [1.29, 1.82) is 0 Å². The molecule has 4 N–H and O–H groups in total. The highest BCUT2D eigenvalue weighted by Crippen LogP contribution is 2.42. The minimum absolute atomic E-state index is 0.00359. The molecule has 0 spiro atoms. The van der Waals surface area contributed by atoms with E-state index in [-0.39, 0.29) is 107 Å². The van der Waals surface area contributed by atoms with Crippen LogP contribution in [0.25, 0.3) is 11.1 Å². The maximum absolute atomic E-state index is 14.2. The lowest BCUT2D eigenvalue weighted by molar-refractivity contribution is -0.137. The quantitative estimate of drug-likeness (QED) is 0.0268. The highest BCUT2D eigenvalue weighted by Gasteiger charge is 2.36. The number of nitrogens with zero attached hydrogens (tertiary/aromatic N) is 5. The summed E-state index contributed by atoms with van der Waals surface area (Å²) in [5.41, 5.74) is 5.92. The number of anilines is 1. The minimum atomic E-state index is -0.906. The van der Waals surface area contributed by atoms with Crippen LogP contribution in [-0.2, 0) is 47.7 Å². The Hall–Kier alpha value is -9.76. The van der Waals surface area contributed by atoms with E-state index in [2.05, 4.69) is 21.3 Å². The number of methoxy groups -OCH3 is 3. The van der Waals surface area contributed by atoms with Crippen molar-refractivity contribution in [1.82, 2.24) is 30.7 Å². The van der Waals surface area contributed by atoms with Gasteiger partial charge in [0.15, 0.2) is 23.0 Å². The molecule has 4 atom stereocenters. The lowest BCUT2D eigenvalue weighted by Gasteiger charge is -2.25. The Labute approximate surface area is 557 Å². The van der Waals surface area contributed by atoms with Crippen LogP contribution in [0.2, 0.25) is 0 Å². The van der Waals surface area contributed by atoms with Gasteiger partial charge in [-0.05, 0) is 71.0 Å². The molecule has 4 aromatic carbocycles. The number of benzene rings is 4. The fourth-order valence-electron chi connectivity index (χ4n) is 11.1. The normalized spacial score (nSPS) is 16.6. The zero-order valence-corrected chi connectivity index (χ0v) is 54.9. The Morgan fingerprint density at radius 2 is 1.08 bits per heavy atom. The van der Waals surface area contributed by atoms with E-state index in [0.29, 0.717) is 110 Å². The van der Waals surface area contributed by atoms with Gasteiger partial charge in [-0.25, -0.2) is 0 Å². The van der Waals surface area contributed by atoms with E-state index in [1.165, 1.54) is 26.4 Å². The second kappa shape index (κ2) is 34.6. The summed E-state index contributed by atoms with van der Waals surface area (Å²) in [5, 5.41) is 11.2. The van der Waals surface area contributed by atoms with Crippen LogP contribution in [0, 0.1) is 5.92 Å². The molecule has 8 amide bonds. The van der Waals surface area contributed by atoms with Gasteiger partial charge in [0.05, 0.1) is 122 Å². The SMILES string of the molecule is CCC[C@H](NC(=O)[C@@H](NC(=O)CCOCCOCCOCCOCCNC(=O)CCN1C(=O)C=CC1=O)C(C)C)C(=O)Nc1ccc(C2=CN3C(=O)c4cc(OC)c(OCCCOc5cc6c(cc5OC)C(=O)N5C=C(c7ccc(OC)cc7)C[C@H]5C=N6)cc4N=C[C@@H]3C2)cc1. The van der Waals surface area contributed by atoms with Gasteiger partial charge in [-0.1, -0.05) is 51.5 Å². The van der Waals surface area contributed by atoms with Crippen molar-refractivity contribution >= 4 is 87.9 Å². The molecule has 4 aromatic rings. The van der Waals surface area contributed by atoms with Crippen molar-refractivity contribution in [2.45, 2.75) is 89.9 Å². The highest BCUT2D eigenvalue weighted by molar-refractivity contribution is 6.13. The molecule has 26 nitrogen and oxygen atoms in total. The predicted octanol–water partition coefficient (Wildman–Crippen LogP) is 6.76. The molecule has 5 aliphatic rings. The molecule has 5 heterocycles. The van der Waals surface area contributed by atoms with Crippen molar-refractivity contribution in [2.75, 3.05) is 106 Å². The molecule has 510 valence electrons. The van der Waals surface area contributed by atoms with Crippen LogP contribution in [0.15, 0.2) is 107 Å². The molecule has 9 rings (SSSR count). The van der Waals surface area contributed by atoms with Gasteiger partial charge in [-0.15, -0.1) is 0 Å². The Bertz CT molecular complexity index is 3610. The fourth-order valence-corrected chi connectivity index (χ4v) is 11.1. The second-order valence-electron chi connectivity index (χ2n) is 23.3. The average Bonchev–Trinajstić information content (AvgIpc) is 1.59. The summed E-state index contributed by atoms with van der Waals surface area (Å²) in [7, 11) is 4.65. The molecule has 5 aliphatic heterocycles. The molecule has 0 aliphatic carbocycles. The lowest BCUT2D eigenvalue weighted by atomic mass is 10.0. The maximum Gasteiger partial charge on any atom is 0.260 e. The number of rotatable bonds is 37. The summed E-state index contributed by atoms with van der Waals surface area (Å²) in [6.45, 7) is 8.45. The number of carbonyl (C=O) groups is 8. The van der Waals surface area contributed by atoms with Crippen LogP contribution < -0.4 is 45.0 Å². The zero-order valence-electron chi connectivity index (χ0n) is 54.9. The Kier molecular flexibility index (Phi) is 25.4. The van der Waals surface area contributed by atoms with E-state index >= 15 is 0 Å². The monoisotopic (exact) mass is 1320 g/mol. The summed E-state index contributed by atoms with van der Waals surface area (Å²) in [4.78, 5) is 117. The van der Waals surface area contributed by atoms with E-state index < -0.39 is 35.7 Å². The first-order valence-corrected chi connectivity index (χ1v) is 32.2. The molecular formula is C70H83N9O17. The second-order valence-corrected chi connectivity index (χ2v) is 23.3. The third-order valence-electron chi connectivity index (χ3n) is 16.3. The highest BCUT2D eigenvalue weighted by atomic mass is 16.6. The first-order valence-electron chi connectivity index (χ1n) is 32.2. The Morgan fingerprint density at radius 3 is 1.58 bits per heavy atom. The molecule has 0 bridgehead atoms. The minimum Gasteiger partial charge on any atom is -0.497 e. The lowest BCUT2D eigenvalue weighted by Crippen LogP contribution is -2.54. The first kappa shape index (κ1) is 70.6. The third-order valence-corrected chi connectivity index (χ3v) is 16.3. The smallest absolute Gasteiger partial charge is 0.260 e. The van der Waals surface area contributed by atoms with Crippen LogP contribution >= 0.6 is 0 Å². The van der Waals surface area contributed by atoms with Crippen molar-refractivity contribution in [3.8, 4) is 28.7 Å². The molecular weight excluding hydrogens is 1240 g/mol. The van der Waals surface area contributed by atoms with Crippen molar-refractivity contribution in [3.05, 3.63) is 120 Å². The summed E-state index contributed by atoms with van der Waals surface area (Å²) in [6.07, 6.45) is 12.1. The number of hydrogen-bond acceptors (Lipinski definition) is 19. The number of ether oxygens (including phenoxy) is 9. The van der Waals surface area contributed by atoms with Gasteiger partial charge in [0, 0.05) is 100.0 Å². The number of carbonyl (C=O) groups excluding carboxylic acids is 8. The largest absolute Gasteiger partial charge is 0.497 e. The van der Waals surface area contributed by atoms with Crippen molar-refractivity contribution in [3.63, 3.8) is 0 Å². The molecule has 0 aromatic heterocycles. The van der Waals surface area contributed by atoms with Crippen LogP contribution in [0.3, 0.4) is 0 Å². The summed E-state index contributed by atoms with van der Waals surface area (Å²) in [5.74, 6) is -0.822. The number of nitrogens with one attached hydrogen (secondary N) is 4. The molecule has 0 saturated heterocycles. The van der Waals surface area contributed by atoms with E-state index in [4.69, 9.17) is 52.6 Å². The topological polar surface area (TPSA) is 302 Å². The summed E-state index contributed by atoms with van der Waals surface area (Å²) >= 11 is 0. The fraction of sp³-hybridized carbons (Fsp3) is 0.429. The molecule has 0 unspecified atom stereocenters. The standard InChI is InChI=1S/C70H83N9O17/c1-7-9-55(75-68(85)66(44(2)3)76-63(81)21-26-91-28-30-93-32-33-94-31-29-92-27-22-71-62(80)20-23-77-64(82)18-19-65(77)83)67(84)74-49-14-10-45(11-15-49)47-34-50-40-72-56-38-60(58(89-5)36-53(56)69(86)78(50)42-47)95-24-8-25-96-61-39-57-54(37-59(61)90-6)70(87)79-43-48(35-51(79)41-73-57)46-12-16-52(88-4)17-13-46/h10-19,36-44,50-51,55,66H,7-9,20-35H2,1-6H3,(H,71,80)(H,74,84)(H,75,85)(H,76,81)/t50-,51-,55-,66-/m0/s1. The van der Waals surface area contributed by atoms with Gasteiger partial charge in [0.2, 0.25) is 23.6 Å².